The highest BCUT2D eigenvalue weighted by molar-refractivity contribution is 7.09. The van der Waals surface area contributed by atoms with Gasteiger partial charge in [0.1, 0.15) is 5.76 Å². The van der Waals surface area contributed by atoms with Crippen LogP contribution in [0.2, 0.25) is 0 Å². The van der Waals surface area contributed by atoms with Crippen molar-refractivity contribution in [1.82, 2.24) is 15.5 Å². The molecule has 3 amide bonds. The van der Waals surface area contributed by atoms with Crippen LogP contribution in [0.15, 0.2) is 40.3 Å². The molecular weight excluding hydrogens is 338 g/mol. The molecule has 2 aromatic rings. The van der Waals surface area contributed by atoms with Crippen LogP contribution in [0.1, 0.15) is 42.4 Å². The molecule has 1 saturated heterocycles. The van der Waals surface area contributed by atoms with Gasteiger partial charge in [0, 0.05) is 4.88 Å². The van der Waals surface area contributed by atoms with Gasteiger partial charge < -0.3 is 9.73 Å². The monoisotopic (exact) mass is 361 g/mol. The Bertz CT molecular complexity index is 670. The van der Waals surface area contributed by atoms with E-state index in [0.717, 1.165) is 42.9 Å². The Balaban J connectivity index is 1.51. The molecule has 0 saturated carbocycles. The van der Waals surface area contributed by atoms with Crippen LogP contribution in [0.3, 0.4) is 0 Å². The number of carbonyl (C=O) groups is 2. The summed E-state index contributed by atoms with van der Waals surface area (Å²) in [5.74, 6) is 0.596. The van der Waals surface area contributed by atoms with Crippen molar-refractivity contribution in [2.45, 2.75) is 38.3 Å². The van der Waals surface area contributed by atoms with Gasteiger partial charge >= 0.3 is 6.03 Å². The zero-order chi connectivity index (χ0) is 17.5. The van der Waals surface area contributed by atoms with Crippen molar-refractivity contribution in [2.75, 3.05) is 13.1 Å². The van der Waals surface area contributed by atoms with Crippen molar-refractivity contribution in [3.8, 4) is 0 Å². The van der Waals surface area contributed by atoms with Crippen molar-refractivity contribution in [3.63, 3.8) is 0 Å². The Hall–Kier alpha value is -2.12. The zero-order valence-electron chi connectivity index (χ0n) is 14.1. The summed E-state index contributed by atoms with van der Waals surface area (Å²) in [5, 5.41) is 7.08. The van der Waals surface area contributed by atoms with E-state index < -0.39 is 6.03 Å². The van der Waals surface area contributed by atoms with Crippen LogP contribution in [0, 0.1) is 0 Å². The molecule has 25 heavy (non-hydrogen) atoms. The highest BCUT2D eigenvalue weighted by atomic mass is 32.1. The van der Waals surface area contributed by atoms with Gasteiger partial charge in [0.15, 0.2) is 0 Å². The summed E-state index contributed by atoms with van der Waals surface area (Å²) in [7, 11) is 0. The zero-order valence-corrected chi connectivity index (χ0v) is 14.9. The van der Waals surface area contributed by atoms with E-state index in [9.17, 15) is 9.59 Å². The fraction of sp³-hybridized carbons (Fsp3) is 0.444. The van der Waals surface area contributed by atoms with Crippen LogP contribution in [-0.4, -0.2) is 29.9 Å². The fourth-order valence-electron chi connectivity index (χ4n) is 3.14. The minimum atomic E-state index is -0.456. The van der Waals surface area contributed by atoms with Crippen LogP contribution >= 0.6 is 11.3 Å². The third kappa shape index (κ3) is 5.17. The second-order valence-electron chi connectivity index (χ2n) is 6.16. The molecule has 134 valence electrons. The summed E-state index contributed by atoms with van der Waals surface area (Å²) in [6.45, 7) is 1.45. The largest absolute Gasteiger partial charge is 0.468 e. The molecule has 0 bridgehead atoms. The van der Waals surface area contributed by atoms with Crippen LogP contribution in [0.25, 0.3) is 0 Å². The lowest BCUT2D eigenvalue weighted by Gasteiger charge is -2.27. The van der Waals surface area contributed by atoms with Crippen LogP contribution in [0.5, 0.6) is 0 Å². The van der Waals surface area contributed by atoms with E-state index in [0.29, 0.717) is 6.54 Å². The van der Waals surface area contributed by atoms with Crippen molar-refractivity contribution in [3.05, 3.63) is 46.5 Å². The predicted octanol–water partition coefficient (Wildman–Crippen LogP) is 3.28. The summed E-state index contributed by atoms with van der Waals surface area (Å²) < 4.78 is 5.55. The summed E-state index contributed by atoms with van der Waals surface area (Å²) in [4.78, 5) is 27.3. The summed E-state index contributed by atoms with van der Waals surface area (Å²) in [6, 6.07) is 7.34. The van der Waals surface area contributed by atoms with E-state index in [2.05, 4.69) is 15.5 Å². The van der Waals surface area contributed by atoms with Gasteiger partial charge in [-0.15, -0.1) is 11.3 Å². The van der Waals surface area contributed by atoms with E-state index in [4.69, 9.17) is 4.42 Å². The first-order valence-corrected chi connectivity index (χ1v) is 9.48. The number of furan rings is 1. The van der Waals surface area contributed by atoms with Gasteiger partial charge in [0.2, 0.25) is 5.91 Å². The van der Waals surface area contributed by atoms with E-state index >= 15 is 0 Å². The van der Waals surface area contributed by atoms with Crippen molar-refractivity contribution in [1.29, 1.82) is 0 Å². The Morgan fingerprint density at radius 1 is 1.24 bits per heavy atom. The average molecular weight is 361 g/mol. The van der Waals surface area contributed by atoms with Crippen LogP contribution in [0.4, 0.5) is 4.79 Å². The molecule has 1 aliphatic rings. The second kappa shape index (κ2) is 8.82. The average Bonchev–Trinajstić information content (AvgIpc) is 3.25. The van der Waals surface area contributed by atoms with Gasteiger partial charge in [-0.3, -0.25) is 15.0 Å². The summed E-state index contributed by atoms with van der Waals surface area (Å²) in [5.41, 5.74) is 0. The maximum atomic E-state index is 12.3. The molecular formula is C18H23N3O3S. The molecule has 2 aromatic heterocycles. The maximum Gasteiger partial charge on any atom is 0.321 e. The second-order valence-corrected chi connectivity index (χ2v) is 7.19. The van der Waals surface area contributed by atoms with Gasteiger partial charge in [-0.2, -0.15) is 0 Å². The first kappa shape index (κ1) is 17.7. The molecule has 0 aliphatic carbocycles. The highest BCUT2D eigenvalue weighted by Gasteiger charge is 2.26. The summed E-state index contributed by atoms with van der Waals surface area (Å²) >= 11 is 1.57. The lowest BCUT2D eigenvalue weighted by Crippen LogP contribution is -2.45. The fourth-order valence-corrected chi connectivity index (χ4v) is 3.78. The van der Waals surface area contributed by atoms with E-state index in [1.807, 2.05) is 29.6 Å². The Morgan fingerprint density at radius 3 is 2.92 bits per heavy atom. The van der Waals surface area contributed by atoms with Crippen molar-refractivity contribution >= 4 is 23.3 Å². The number of rotatable bonds is 5. The molecule has 0 spiro atoms. The Morgan fingerprint density at radius 2 is 2.16 bits per heavy atom. The SMILES string of the molecule is O=C(CN1CCCCCC1c1ccco1)NC(=O)NCc1cccs1. The molecule has 6 nitrogen and oxygen atoms in total. The number of imide groups is 1. The highest BCUT2D eigenvalue weighted by Crippen LogP contribution is 2.29. The van der Waals surface area contributed by atoms with Crippen LogP contribution in [-0.2, 0) is 11.3 Å². The van der Waals surface area contributed by atoms with E-state index in [1.165, 1.54) is 0 Å². The molecule has 1 aliphatic heterocycles. The lowest BCUT2D eigenvalue weighted by atomic mass is 10.1. The lowest BCUT2D eigenvalue weighted by molar-refractivity contribution is -0.121. The molecule has 1 unspecified atom stereocenters. The first-order valence-electron chi connectivity index (χ1n) is 8.60. The number of hydrogen-bond acceptors (Lipinski definition) is 5. The number of nitrogens with zero attached hydrogens (tertiary/aromatic N) is 1. The maximum absolute atomic E-state index is 12.3. The smallest absolute Gasteiger partial charge is 0.321 e. The summed E-state index contributed by atoms with van der Waals surface area (Å²) in [6.07, 6.45) is 5.94. The van der Waals surface area contributed by atoms with Gasteiger partial charge in [0.25, 0.3) is 0 Å². The topological polar surface area (TPSA) is 74.6 Å². The molecule has 7 heteroatoms. The Kier molecular flexibility index (Phi) is 6.25. The number of likely N-dealkylation sites (tertiary alicyclic amines) is 1. The molecule has 1 fully saturated rings. The number of thiophene rings is 1. The number of hydrogen-bond donors (Lipinski definition) is 2. The standard InChI is InChI=1S/C18H23N3O3S/c22-17(20-18(23)19-12-14-6-5-11-25-14)13-21-9-3-1-2-7-15(21)16-8-4-10-24-16/h4-6,8,10-11,15H,1-3,7,9,12-13H2,(H2,19,20,22,23). The Labute approximate surface area is 151 Å². The van der Waals surface area contributed by atoms with Crippen molar-refractivity contribution < 1.29 is 14.0 Å². The minimum absolute atomic E-state index is 0.0948. The predicted molar refractivity (Wildman–Crippen MR) is 96.2 cm³/mol. The number of urea groups is 1. The molecule has 3 heterocycles. The molecule has 2 N–H and O–H groups in total. The van der Waals surface area contributed by atoms with Gasteiger partial charge in [0.05, 0.1) is 25.4 Å². The van der Waals surface area contributed by atoms with Gasteiger partial charge in [-0.1, -0.05) is 18.9 Å². The number of nitrogens with one attached hydrogen (secondary N) is 2. The normalized spacial score (nSPS) is 18.5. The van der Waals surface area contributed by atoms with E-state index in [1.54, 1.807) is 17.6 Å². The van der Waals surface area contributed by atoms with Crippen LogP contribution < -0.4 is 10.6 Å². The number of amides is 3. The number of carbonyl (C=O) groups excluding carboxylic acids is 2. The molecule has 3 rings (SSSR count). The first-order chi connectivity index (χ1) is 12.2. The quantitative estimate of drug-likeness (QED) is 0.857. The van der Waals surface area contributed by atoms with Gasteiger partial charge in [-0.05, 0) is 43.0 Å². The van der Waals surface area contributed by atoms with E-state index in [-0.39, 0.29) is 18.5 Å². The van der Waals surface area contributed by atoms with Gasteiger partial charge in [-0.25, -0.2) is 4.79 Å². The molecule has 0 radical (unpaired) electrons. The third-order valence-electron chi connectivity index (χ3n) is 4.34. The molecule has 1 atom stereocenters. The minimum Gasteiger partial charge on any atom is -0.468 e. The van der Waals surface area contributed by atoms with Crippen molar-refractivity contribution in [2.24, 2.45) is 0 Å². The molecule has 0 aromatic carbocycles. The third-order valence-corrected chi connectivity index (χ3v) is 5.21.